The third kappa shape index (κ3) is 1.42. The zero-order valence-corrected chi connectivity index (χ0v) is 9.49. The molecule has 86 valence electrons. The van der Waals surface area contributed by atoms with Gasteiger partial charge in [0.15, 0.2) is 0 Å². The van der Waals surface area contributed by atoms with Gasteiger partial charge in [-0.2, -0.15) is 0 Å². The molecule has 1 saturated heterocycles. The molecule has 0 saturated carbocycles. The Kier molecular flexibility index (Phi) is 2.78. The lowest BCUT2D eigenvalue weighted by Crippen LogP contribution is -2.47. The van der Waals surface area contributed by atoms with E-state index in [1.165, 1.54) is 0 Å². The first kappa shape index (κ1) is 12.0. The van der Waals surface area contributed by atoms with Gasteiger partial charge in [-0.25, -0.2) is 4.79 Å². The van der Waals surface area contributed by atoms with Crippen LogP contribution in [0.3, 0.4) is 0 Å². The fourth-order valence-electron chi connectivity index (χ4n) is 1.69. The summed E-state index contributed by atoms with van der Waals surface area (Å²) >= 11 is 0. The lowest BCUT2D eigenvalue weighted by atomic mass is 9.84. The predicted molar refractivity (Wildman–Crippen MR) is 52.9 cm³/mol. The monoisotopic (exact) mass is 215 g/mol. The van der Waals surface area contributed by atoms with Crippen LogP contribution >= 0.6 is 0 Å². The Bertz CT molecular complexity index is 302. The molecule has 0 unspecified atom stereocenters. The van der Waals surface area contributed by atoms with Gasteiger partial charge in [0.1, 0.15) is 5.60 Å². The number of nitrogens with two attached hydrogens (primary N) is 1. The number of primary amides is 1. The Labute approximate surface area is 88.9 Å². The van der Waals surface area contributed by atoms with Crippen molar-refractivity contribution >= 4 is 11.9 Å². The molecule has 0 aliphatic carbocycles. The van der Waals surface area contributed by atoms with E-state index in [2.05, 4.69) is 0 Å². The van der Waals surface area contributed by atoms with Crippen LogP contribution in [-0.2, 0) is 19.1 Å². The van der Waals surface area contributed by atoms with E-state index in [0.29, 0.717) is 0 Å². The number of amides is 1. The molecular formula is C10H17NO4. The third-order valence-electron chi connectivity index (χ3n) is 3.03. The first-order valence-electron chi connectivity index (χ1n) is 5.00. The summed E-state index contributed by atoms with van der Waals surface area (Å²) in [5.41, 5.74) is 2.78. The van der Waals surface area contributed by atoms with Gasteiger partial charge in [0.05, 0.1) is 6.61 Å². The van der Waals surface area contributed by atoms with Crippen molar-refractivity contribution in [2.24, 2.45) is 11.7 Å². The van der Waals surface area contributed by atoms with Crippen LogP contribution in [0.1, 0.15) is 27.7 Å². The standard InChI is InChI=1S/C10H17NO4/c1-5-14-8(13)10(7(11)12)9(4,15-10)6(2)3/h6H,5H2,1-4H3,(H2,11,12)/t9-,10-/m0/s1. The van der Waals surface area contributed by atoms with Gasteiger partial charge in [0, 0.05) is 0 Å². The Hall–Kier alpha value is -1.10. The highest BCUT2D eigenvalue weighted by Gasteiger charge is 2.78. The van der Waals surface area contributed by atoms with Crippen molar-refractivity contribution in [1.29, 1.82) is 0 Å². The highest BCUT2D eigenvalue weighted by Crippen LogP contribution is 2.53. The summed E-state index contributed by atoms with van der Waals surface area (Å²) < 4.78 is 10.1. The zero-order valence-electron chi connectivity index (χ0n) is 9.49. The fourth-order valence-corrected chi connectivity index (χ4v) is 1.69. The highest BCUT2D eigenvalue weighted by atomic mass is 16.7. The number of ether oxygens (including phenoxy) is 2. The molecule has 0 bridgehead atoms. The summed E-state index contributed by atoms with van der Waals surface area (Å²) in [5.74, 6) is -1.46. The number of esters is 1. The Balaban J connectivity index is 2.97. The molecule has 0 radical (unpaired) electrons. The second kappa shape index (κ2) is 3.48. The molecular weight excluding hydrogens is 198 g/mol. The lowest BCUT2D eigenvalue weighted by Gasteiger charge is -2.15. The number of carbonyl (C=O) groups excluding carboxylic acids is 2. The van der Waals surface area contributed by atoms with E-state index in [1.54, 1.807) is 13.8 Å². The van der Waals surface area contributed by atoms with Gasteiger partial charge in [0.25, 0.3) is 11.5 Å². The number of carbonyl (C=O) groups is 2. The fraction of sp³-hybridized carbons (Fsp3) is 0.800. The first-order chi connectivity index (χ1) is 6.83. The number of rotatable bonds is 4. The predicted octanol–water partition coefficient (Wildman–Crippen LogP) is 0.218. The molecule has 1 amide bonds. The quantitative estimate of drug-likeness (QED) is 0.413. The van der Waals surface area contributed by atoms with E-state index in [-0.39, 0.29) is 12.5 Å². The maximum Gasteiger partial charge on any atom is 0.351 e. The van der Waals surface area contributed by atoms with Crippen molar-refractivity contribution < 1.29 is 19.1 Å². The minimum Gasteiger partial charge on any atom is -0.463 e. The minimum atomic E-state index is -1.59. The van der Waals surface area contributed by atoms with Gasteiger partial charge in [0.2, 0.25) is 0 Å². The van der Waals surface area contributed by atoms with Crippen molar-refractivity contribution in [3.8, 4) is 0 Å². The summed E-state index contributed by atoms with van der Waals surface area (Å²) in [4.78, 5) is 23.0. The smallest absolute Gasteiger partial charge is 0.351 e. The van der Waals surface area contributed by atoms with E-state index in [1.807, 2.05) is 13.8 Å². The molecule has 5 nitrogen and oxygen atoms in total. The molecule has 2 N–H and O–H groups in total. The zero-order chi connectivity index (χ0) is 11.9. The maximum absolute atomic E-state index is 11.6. The average Bonchev–Trinajstić information content (AvgIpc) is 2.76. The largest absolute Gasteiger partial charge is 0.463 e. The second-order valence-electron chi connectivity index (χ2n) is 4.13. The van der Waals surface area contributed by atoms with Crippen molar-refractivity contribution in [2.75, 3.05) is 6.61 Å². The molecule has 1 rings (SSSR count). The van der Waals surface area contributed by atoms with E-state index in [9.17, 15) is 9.59 Å². The molecule has 0 aromatic rings. The number of epoxide rings is 1. The molecule has 0 aromatic heterocycles. The van der Waals surface area contributed by atoms with E-state index < -0.39 is 23.1 Å². The molecule has 5 heteroatoms. The van der Waals surface area contributed by atoms with Crippen LogP contribution in [0.15, 0.2) is 0 Å². The topological polar surface area (TPSA) is 81.9 Å². The highest BCUT2D eigenvalue weighted by molar-refractivity contribution is 6.10. The van der Waals surface area contributed by atoms with Crippen LogP contribution in [0.25, 0.3) is 0 Å². The van der Waals surface area contributed by atoms with Crippen LogP contribution in [-0.4, -0.2) is 29.7 Å². The second-order valence-corrected chi connectivity index (χ2v) is 4.13. The Morgan fingerprint density at radius 1 is 1.47 bits per heavy atom. The molecule has 1 heterocycles. The van der Waals surface area contributed by atoms with Crippen LogP contribution in [0.4, 0.5) is 0 Å². The van der Waals surface area contributed by atoms with Gasteiger partial charge >= 0.3 is 5.97 Å². The molecule has 15 heavy (non-hydrogen) atoms. The SMILES string of the molecule is CCOC(=O)[C@]1(C(N)=O)O[C@@]1(C)C(C)C. The van der Waals surface area contributed by atoms with Crippen molar-refractivity contribution in [3.63, 3.8) is 0 Å². The van der Waals surface area contributed by atoms with Crippen LogP contribution in [0.2, 0.25) is 0 Å². The van der Waals surface area contributed by atoms with E-state index >= 15 is 0 Å². The van der Waals surface area contributed by atoms with Crippen molar-refractivity contribution in [3.05, 3.63) is 0 Å². The normalized spacial score (nSPS) is 33.9. The summed E-state index contributed by atoms with van der Waals surface area (Å²) in [7, 11) is 0. The molecule has 0 aromatic carbocycles. The van der Waals surface area contributed by atoms with Gasteiger partial charge in [-0.1, -0.05) is 13.8 Å². The van der Waals surface area contributed by atoms with Gasteiger partial charge in [-0.05, 0) is 19.8 Å². The first-order valence-corrected chi connectivity index (χ1v) is 5.00. The van der Waals surface area contributed by atoms with Crippen LogP contribution in [0, 0.1) is 5.92 Å². The third-order valence-corrected chi connectivity index (χ3v) is 3.03. The van der Waals surface area contributed by atoms with Crippen molar-refractivity contribution in [2.45, 2.75) is 38.9 Å². The van der Waals surface area contributed by atoms with Crippen molar-refractivity contribution in [1.82, 2.24) is 0 Å². The maximum atomic E-state index is 11.6. The molecule has 1 fully saturated rings. The summed E-state index contributed by atoms with van der Waals surface area (Å²) in [6, 6.07) is 0. The Morgan fingerprint density at radius 2 is 2.00 bits per heavy atom. The van der Waals surface area contributed by atoms with E-state index in [0.717, 1.165) is 0 Å². The summed E-state index contributed by atoms with van der Waals surface area (Å²) in [5, 5.41) is 0. The summed E-state index contributed by atoms with van der Waals surface area (Å²) in [6.45, 7) is 7.29. The minimum absolute atomic E-state index is 0.00871. The molecule has 0 spiro atoms. The molecule has 2 atom stereocenters. The van der Waals surface area contributed by atoms with Gasteiger partial charge in [-0.3, -0.25) is 4.79 Å². The molecule has 1 aliphatic rings. The van der Waals surface area contributed by atoms with E-state index in [4.69, 9.17) is 15.2 Å². The summed E-state index contributed by atoms with van der Waals surface area (Å²) in [6.07, 6.45) is 0. The van der Waals surface area contributed by atoms with Gasteiger partial charge < -0.3 is 15.2 Å². The van der Waals surface area contributed by atoms with Crippen LogP contribution < -0.4 is 5.73 Å². The Morgan fingerprint density at radius 3 is 2.27 bits per heavy atom. The average molecular weight is 215 g/mol. The number of hydrogen-bond donors (Lipinski definition) is 1. The van der Waals surface area contributed by atoms with Crippen LogP contribution in [0.5, 0.6) is 0 Å². The molecule has 1 aliphatic heterocycles. The van der Waals surface area contributed by atoms with Gasteiger partial charge in [-0.15, -0.1) is 0 Å². The number of hydrogen-bond acceptors (Lipinski definition) is 4. The lowest BCUT2D eigenvalue weighted by molar-refractivity contribution is -0.153.